The topological polar surface area (TPSA) is 79.2 Å². The van der Waals surface area contributed by atoms with Crippen LogP contribution in [0.3, 0.4) is 0 Å². The van der Waals surface area contributed by atoms with E-state index in [9.17, 15) is 9.59 Å². The Labute approximate surface area is 116 Å². The molecular formula is C14H17N3O3. The third kappa shape index (κ3) is 2.74. The van der Waals surface area contributed by atoms with Gasteiger partial charge in [0.25, 0.3) is 5.56 Å². The number of nitrogens with two attached hydrogens (primary N) is 1. The molecule has 0 radical (unpaired) electrons. The number of hydrogen-bond acceptors (Lipinski definition) is 4. The zero-order valence-electron chi connectivity index (χ0n) is 11.5. The lowest BCUT2D eigenvalue weighted by atomic mass is 10.1. The maximum atomic E-state index is 11.9. The molecule has 1 aromatic heterocycles. The monoisotopic (exact) mass is 275 g/mol. The van der Waals surface area contributed by atoms with Crippen LogP contribution in [-0.2, 0) is 20.0 Å². The number of aromatic nitrogens is 2. The molecule has 0 aliphatic heterocycles. The minimum absolute atomic E-state index is 0.0711. The van der Waals surface area contributed by atoms with Gasteiger partial charge in [-0.05, 0) is 24.1 Å². The van der Waals surface area contributed by atoms with Crippen molar-refractivity contribution in [3.05, 3.63) is 56.9 Å². The Morgan fingerprint density at radius 1 is 1.20 bits per heavy atom. The molecule has 106 valence electrons. The van der Waals surface area contributed by atoms with Gasteiger partial charge in [0.05, 0.1) is 7.11 Å². The van der Waals surface area contributed by atoms with Gasteiger partial charge in [0.2, 0.25) is 0 Å². The lowest BCUT2D eigenvalue weighted by Gasteiger charge is -2.08. The predicted molar refractivity (Wildman–Crippen MR) is 77.1 cm³/mol. The van der Waals surface area contributed by atoms with Gasteiger partial charge >= 0.3 is 5.69 Å². The number of ether oxygens (including phenoxy) is 1. The van der Waals surface area contributed by atoms with Crippen molar-refractivity contribution in [2.45, 2.75) is 13.0 Å². The Bertz CT molecular complexity index is 680. The van der Waals surface area contributed by atoms with E-state index in [-0.39, 0.29) is 11.4 Å². The van der Waals surface area contributed by atoms with Gasteiger partial charge in [-0.1, -0.05) is 12.1 Å². The first kappa shape index (κ1) is 13.9. The third-order valence-corrected chi connectivity index (χ3v) is 3.14. The van der Waals surface area contributed by atoms with Gasteiger partial charge in [0.15, 0.2) is 0 Å². The quantitative estimate of drug-likeness (QED) is 0.875. The number of nitrogen functional groups attached to an aromatic ring is 1. The highest BCUT2D eigenvalue weighted by Gasteiger charge is 2.07. The molecule has 0 fully saturated rings. The fourth-order valence-corrected chi connectivity index (χ4v) is 1.98. The van der Waals surface area contributed by atoms with Crippen molar-refractivity contribution in [2.75, 3.05) is 12.8 Å². The van der Waals surface area contributed by atoms with Crippen molar-refractivity contribution in [1.29, 1.82) is 0 Å². The molecule has 0 aliphatic rings. The highest BCUT2D eigenvalue weighted by molar-refractivity contribution is 5.31. The van der Waals surface area contributed by atoms with E-state index in [1.54, 1.807) is 14.2 Å². The van der Waals surface area contributed by atoms with Gasteiger partial charge in [0, 0.05) is 19.8 Å². The predicted octanol–water partition coefficient (Wildman–Crippen LogP) is 0.380. The van der Waals surface area contributed by atoms with Crippen LogP contribution in [0, 0.1) is 0 Å². The highest BCUT2D eigenvalue weighted by Crippen LogP contribution is 2.11. The fourth-order valence-electron chi connectivity index (χ4n) is 1.98. The molecule has 0 saturated carbocycles. The van der Waals surface area contributed by atoms with E-state index in [0.717, 1.165) is 15.9 Å². The summed E-state index contributed by atoms with van der Waals surface area (Å²) in [6, 6.07) is 7.49. The number of anilines is 1. The van der Waals surface area contributed by atoms with Crippen LogP contribution >= 0.6 is 0 Å². The first-order chi connectivity index (χ1) is 9.52. The maximum absolute atomic E-state index is 11.9. The van der Waals surface area contributed by atoms with Gasteiger partial charge in [-0.3, -0.25) is 9.36 Å². The van der Waals surface area contributed by atoms with E-state index in [4.69, 9.17) is 10.5 Å². The van der Waals surface area contributed by atoms with Crippen LogP contribution in [0.25, 0.3) is 0 Å². The molecule has 0 saturated heterocycles. The van der Waals surface area contributed by atoms with Crippen molar-refractivity contribution in [1.82, 2.24) is 9.13 Å². The molecule has 1 heterocycles. The molecule has 0 amide bonds. The Morgan fingerprint density at radius 2 is 1.85 bits per heavy atom. The average molecular weight is 275 g/mol. The van der Waals surface area contributed by atoms with Crippen LogP contribution in [-0.4, -0.2) is 16.2 Å². The maximum Gasteiger partial charge on any atom is 0.330 e. The molecule has 2 rings (SSSR count). The van der Waals surface area contributed by atoms with E-state index in [1.165, 1.54) is 10.8 Å². The van der Waals surface area contributed by atoms with Gasteiger partial charge < -0.3 is 15.0 Å². The van der Waals surface area contributed by atoms with Crippen molar-refractivity contribution in [3.8, 4) is 5.75 Å². The van der Waals surface area contributed by atoms with Crippen molar-refractivity contribution < 1.29 is 4.74 Å². The fraction of sp³-hybridized carbons (Fsp3) is 0.286. The van der Waals surface area contributed by atoms with E-state index in [0.29, 0.717) is 13.0 Å². The largest absolute Gasteiger partial charge is 0.497 e. The van der Waals surface area contributed by atoms with Crippen molar-refractivity contribution in [2.24, 2.45) is 7.05 Å². The molecule has 0 unspecified atom stereocenters. The van der Waals surface area contributed by atoms with Gasteiger partial charge in [-0.25, -0.2) is 4.79 Å². The summed E-state index contributed by atoms with van der Waals surface area (Å²) in [4.78, 5) is 23.8. The second-order valence-electron chi connectivity index (χ2n) is 4.53. The lowest BCUT2D eigenvalue weighted by Crippen LogP contribution is -2.40. The van der Waals surface area contributed by atoms with Crippen molar-refractivity contribution in [3.63, 3.8) is 0 Å². The zero-order chi connectivity index (χ0) is 14.7. The average Bonchev–Trinajstić information content (AvgIpc) is 2.46. The summed E-state index contributed by atoms with van der Waals surface area (Å²) in [6.45, 7) is 0.295. The second-order valence-corrected chi connectivity index (χ2v) is 4.53. The normalized spacial score (nSPS) is 10.5. The van der Waals surface area contributed by atoms with E-state index in [1.807, 2.05) is 24.3 Å². The van der Waals surface area contributed by atoms with Crippen LogP contribution in [0.4, 0.5) is 5.69 Å². The number of methoxy groups -OCH3 is 1. The third-order valence-electron chi connectivity index (χ3n) is 3.14. The molecule has 6 heteroatoms. The summed E-state index contributed by atoms with van der Waals surface area (Å²) in [5.41, 5.74) is 5.87. The van der Waals surface area contributed by atoms with Crippen LogP contribution in [0.15, 0.2) is 40.1 Å². The van der Waals surface area contributed by atoms with Crippen LogP contribution < -0.4 is 21.7 Å². The number of aryl methyl sites for hydroxylation is 2. The lowest BCUT2D eigenvalue weighted by molar-refractivity contribution is 0.414. The zero-order valence-corrected chi connectivity index (χ0v) is 11.5. The van der Waals surface area contributed by atoms with E-state index < -0.39 is 5.56 Å². The van der Waals surface area contributed by atoms with Gasteiger partial charge in [0.1, 0.15) is 11.4 Å². The summed E-state index contributed by atoms with van der Waals surface area (Å²) in [7, 11) is 3.17. The molecule has 2 N–H and O–H groups in total. The Hall–Kier alpha value is -2.50. The molecule has 0 bridgehead atoms. The van der Waals surface area contributed by atoms with Crippen molar-refractivity contribution >= 4 is 5.69 Å². The standard InChI is InChI=1S/C14H17N3O3/c1-16-9-12(15)13(18)17(14(16)19)8-7-10-3-5-11(20-2)6-4-10/h3-6,9H,7-8,15H2,1-2H3. The van der Waals surface area contributed by atoms with E-state index >= 15 is 0 Å². The first-order valence-electron chi connectivity index (χ1n) is 6.22. The highest BCUT2D eigenvalue weighted by atomic mass is 16.5. The number of benzene rings is 1. The van der Waals surface area contributed by atoms with Gasteiger partial charge in [-0.2, -0.15) is 0 Å². The molecule has 0 aliphatic carbocycles. The summed E-state index contributed by atoms with van der Waals surface area (Å²) in [6.07, 6.45) is 1.91. The number of nitrogens with zero attached hydrogens (tertiary/aromatic N) is 2. The van der Waals surface area contributed by atoms with Crippen LogP contribution in [0.5, 0.6) is 5.75 Å². The minimum Gasteiger partial charge on any atom is -0.497 e. The molecule has 6 nitrogen and oxygen atoms in total. The molecular weight excluding hydrogens is 258 g/mol. The van der Waals surface area contributed by atoms with Crippen LogP contribution in [0.1, 0.15) is 5.56 Å². The molecule has 20 heavy (non-hydrogen) atoms. The minimum atomic E-state index is -0.443. The molecule has 2 aromatic rings. The molecule has 0 atom stereocenters. The van der Waals surface area contributed by atoms with Gasteiger partial charge in [-0.15, -0.1) is 0 Å². The van der Waals surface area contributed by atoms with Crippen LogP contribution in [0.2, 0.25) is 0 Å². The SMILES string of the molecule is COc1ccc(CCn2c(=O)c(N)cn(C)c2=O)cc1. The summed E-state index contributed by atoms with van der Waals surface area (Å²) in [5, 5.41) is 0. The Kier molecular flexibility index (Phi) is 3.93. The summed E-state index contributed by atoms with van der Waals surface area (Å²) < 4.78 is 7.54. The Balaban J connectivity index is 2.22. The molecule has 0 spiro atoms. The number of rotatable bonds is 4. The second kappa shape index (κ2) is 5.64. The summed E-state index contributed by atoms with van der Waals surface area (Å²) >= 11 is 0. The number of hydrogen-bond donors (Lipinski definition) is 1. The Morgan fingerprint density at radius 3 is 2.45 bits per heavy atom. The van der Waals surface area contributed by atoms with E-state index in [2.05, 4.69) is 0 Å². The molecule has 1 aromatic carbocycles. The smallest absolute Gasteiger partial charge is 0.330 e. The summed E-state index contributed by atoms with van der Waals surface area (Å²) in [5.74, 6) is 0.769. The first-order valence-corrected chi connectivity index (χ1v) is 6.22.